The first-order valence-electron chi connectivity index (χ1n) is 11.3. The molecule has 0 spiro atoms. The fourth-order valence-corrected chi connectivity index (χ4v) is 7.69. The molecule has 0 unspecified atom stereocenters. The van der Waals surface area contributed by atoms with Gasteiger partial charge in [0.1, 0.15) is 0 Å². The molecule has 0 heterocycles. The minimum atomic E-state index is -2.33. The molecule has 0 saturated carbocycles. The Morgan fingerprint density at radius 2 is 0.794 bits per heavy atom. The van der Waals surface area contributed by atoms with E-state index in [1.165, 1.54) is 15.9 Å². The first kappa shape index (κ1) is 21.8. The zero-order valence-electron chi connectivity index (χ0n) is 18.7. The van der Waals surface area contributed by atoms with E-state index in [1.807, 2.05) is 72.8 Å². The highest BCUT2D eigenvalue weighted by Crippen LogP contribution is 2.49. The van der Waals surface area contributed by atoms with Gasteiger partial charge in [-0.25, -0.2) is 0 Å². The Morgan fingerprint density at radius 1 is 0.441 bits per heavy atom. The predicted octanol–water partition coefficient (Wildman–Crippen LogP) is 6.73. The zero-order valence-corrected chi connectivity index (χ0v) is 19.6. The predicted molar refractivity (Wildman–Crippen MR) is 144 cm³/mol. The van der Waals surface area contributed by atoms with Crippen molar-refractivity contribution in [1.29, 1.82) is 0 Å². The zero-order chi connectivity index (χ0) is 23.2. The largest absolute Gasteiger partial charge is 0.289 e. The van der Waals surface area contributed by atoms with Gasteiger partial charge in [-0.1, -0.05) is 121 Å². The quantitative estimate of drug-likeness (QED) is 0.205. The highest BCUT2D eigenvalue weighted by molar-refractivity contribution is 7.87. The molecule has 0 aliphatic carbocycles. The molecular weight excluding hydrogens is 433 g/mol. The van der Waals surface area contributed by atoms with Crippen molar-refractivity contribution in [2.24, 2.45) is 4.74 Å². The molecular formula is C31H24NOP. The summed E-state index contributed by atoms with van der Waals surface area (Å²) in [5.41, 5.74) is 2.20. The highest BCUT2D eigenvalue weighted by atomic mass is 31.2. The molecule has 5 aromatic carbocycles. The van der Waals surface area contributed by atoms with Gasteiger partial charge in [0.25, 0.3) is 0 Å². The van der Waals surface area contributed by atoms with Crippen LogP contribution >= 0.6 is 7.05 Å². The maximum atomic E-state index is 12.9. The van der Waals surface area contributed by atoms with Crippen molar-refractivity contribution in [2.75, 3.05) is 0 Å². The summed E-state index contributed by atoms with van der Waals surface area (Å²) in [5, 5.41) is 3.57. The number of carbonyl (C=O) groups is 1. The van der Waals surface area contributed by atoms with Crippen molar-refractivity contribution in [3.63, 3.8) is 0 Å². The molecule has 0 radical (unpaired) electrons. The van der Waals surface area contributed by atoms with Crippen molar-refractivity contribution in [3.05, 3.63) is 157 Å². The van der Waals surface area contributed by atoms with Gasteiger partial charge in [-0.05, 0) is 24.3 Å². The van der Waals surface area contributed by atoms with E-state index >= 15 is 0 Å². The molecule has 0 amide bonds. The molecule has 164 valence electrons. The molecule has 3 heteroatoms. The van der Waals surface area contributed by atoms with Gasteiger partial charge in [0.2, 0.25) is 0 Å². The lowest BCUT2D eigenvalue weighted by Gasteiger charge is -2.27. The lowest BCUT2D eigenvalue weighted by molar-refractivity contribution is 0.103. The molecule has 0 N–H and O–H groups in total. The minimum Gasteiger partial charge on any atom is -0.289 e. The molecule has 2 nitrogen and oxygen atoms in total. The molecule has 5 rings (SSSR count). The second kappa shape index (κ2) is 9.87. The van der Waals surface area contributed by atoms with E-state index in [0.717, 1.165) is 5.69 Å². The van der Waals surface area contributed by atoms with Crippen LogP contribution in [0.2, 0.25) is 0 Å². The standard InChI is InChI=1S/C31H24NOP/c33-31(25-13-5-1-6-14-25)26-21-23-27(24-22-26)32-34(28-15-7-2-8-16-28,29-17-9-3-10-18-29)30-19-11-4-12-20-30/h1-24H. The summed E-state index contributed by atoms with van der Waals surface area (Å²) >= 11 is 0. The Labute approximate surface area is 200 Å². The van der Waals surface area contributed by atoms with Crippen molar-refractivity contribution in [3.8, 4) is 0 Å². The van der Waals surface area contributed by atoms with Crippen LogP contribution in [-0.2, 0) is 0 Å². The number of nitrogens with zero attached hydrogens (tertiary/aromatic N) is 1. The third kappa shape index (κ3) is 4.29. The van der Waals surface area contributed by atoms with Crippen LogP contribution in [0.15, 0.2) is 150 Å². The number of hydrogen-bond acceptors (Lipinski definition) is 2. The van der Waals surface area contributed by atoms with Crippen molar-refractivity contribution < 1.29 is 4.79 Å². The molecule has 0 saturated heterocycles. The van der Waals surface area contributed by atoms with Crippen LogP contribution in [0.3, 0.4) is 0 Å². The summed E-state index contributed by atoms with van der Waals surface area (Å²) in [6.07, 6.45) is 0. The molecule has 5 aromatic rings. The number of rotatable bonds is 6. The molecule has 0 fully saturated rings. The second-order valence-electron chi connectivity index (χ2n) is 7.98. The van der Waals surface area contributed by atoms with Crippen LogP contribution in [0.4, 0.5) is 5.69 Å². The Morgan fingerprint density at radius 3 is 1.21 bits per heavy atom. The fourth-order valence-electron chi connectivity index (χ4n) is 4.16. The van der Waals surface area contributed by atoms with Gasteiger partial charge >= 0.3 is 0 Å². The molecule has 34 heavy (non-hydrogen) atoms. The van der Waals surface area contributed by atoms with Crippen LogP contribution in [0, 0.1) is 0 Å². The van der Waals surface area contributed by atoms with Crippen molar-refractivity contribution >= 4 is 34.4 Å². The van der Waals surface area contributed by atoms with E-state index in [-0.39, 0.29) is 5.78 Å². The Hall–Kier alpha value is -4.00. The topological polar surface area (TPSA) is 29.4 Å². The summed E-state index contributed by atoms with van der Waals surface area (Å²) in [5.74, 6) is 0.0161. The third-order valence-electron chi connectivity index (χ3n) is 5.82. The molecule has 0 aliphatic heterocycles. The highest BCUT2D eigenvalue weighted by Gasteiger charge is 2.27. The maximum Gasteiger partial charge on any atom is 0.193 e. The third-order valence-corrected chi connectivity index (χ3v) is 9.49. The average Bonchev–Trinajstić information content (AvgIpc) is 2.94. The lowest BCUT2D eigenvalue weighted by atomic mass is 10.0. The van der Waals surface area contributed by atoms with Gasteiger partial charge in [-0.15, -0.1) is 0 Å². The van der Waals surface area contributed by atoms with Gasteiger partial charge in [-0.3, -0.25) is 9.54 Å². The molecule has 0 aromatic heterocycles. The van der Waals surface area contributed by atoms with E-state index in [1.54, 1.807) is 0 Å². The fraction of sp³-hybridized carbons (Fsp3) is 0. The average molecular weight is 458 g/mol. The summed E-state index contributed by atoms with van der Waals surface area (Å²) in [4.78, 5) is 12.9. The number of ketones is 1. The van der Waals surface area contributed by atoms with Gasteiger partial charge < -0.3 is 0 Å². The first-order chi connectivity index (χ1) is 16.8. The summed E-state index contributed by atoms with van der Waals surface area (Å²) in [6, 6.07) is 48.7. The van der Waals surface area contributed by atoms with Gasteiger partial charge in [-0.2, -0.15) is 0 Å². The van der Waals surface area contributed by atoms with Crippen LogP contribution in [-0.4, -0.2) is 5.78 Å². The number of carbonyl (C=O) groups excluding carboxylic acids is 1. The van der Waals surface area contributed by atoms with Crippen LogP contribution in [0.25, 0.3) is 0 Å². The van der Waals surface area contributed by atoms with Crippen LogP contribution in [0.5, 0.6) is 0 Å². The SMILES string of the molecule is O=C(c1ccccc1)c1ccc(N=P(c2ccccc2)(c2ccccc2)c2ccccc2)cc1. The van der Waals surface area contributed by atoms with Gasteiger partial charge in [0.15, 0.2) is 5.78 Å². The number of hydrogen-bond donors (Lipinski definition) is 0. The van der Waals surface area contributed by atoms with E-state index in [9.17, 15) is 4.79 Å². The van der Waals surface area contributed by atoms with Gasteiger partial charge in [0.05, 0.1) is 12.7 Å². The van der Waals surface area contributed by atoms with Crippen molar-refractivity contribution in [1.82, 2.24) is 0 Å². The van der Waals surface area contributed by atoms with E-state index < -0.39 is 7.05 Å². The van der Waals surface area contributed by atoms with Gasteiger partial charge in [0, 0.05) is 27.0 Å². The minimum absolute atomic E-state index is 0.0161. The van der Waals surface area contributed by atoms with Crippen LogP contribution in [0.1, 0.15) is 15.9 Å². The molecule has 0 atom stereocenters. The number of benzene rings is 5. The normalized spacial score (nSPS) is 11.1. The van der Waals surface area contributed by atoms with E-state index in [4.69, 9.17) is 4.74 Å². The molecule has 0 bridgehead atoms. The Bertz CT molecular complexity index is 1330. The monoisotopic (exact) mass is 457 g/mol. The molecule has 0 aliphatic rings. The Kier molecular flexibility index (Phi) is 6.33. The summed E-state index contributed by atoms with van der Waals surface area (Å²) < 4.78 is 5.47. The first-order valence-corrected chi connectivity index (χ1v) is 13.0. The maximum absolute atomic E-state index is 12.9. The lowest BCUT2D eigenvalue weighted by Crippen LogP contribution is -2.25. The van der Waals surface area contributed by atoms with Crippen molar-refractivity contribution in [2.45, 2.75) is 0 Å². The Balaban J connectivity index is 1.70. The summed E-state index contributed by atoms with van der Waals surface area (Å²) in [6.45, 7) is 0. The van der Waals surface area contributed by atoms with E-state index in [2.05, 4.69) is 72.8 Å². The smallest absolute Gasteiger partial charge is 0.193 e. The van der Waals surface area contributed by atoms with E-state index in [0.29, 0.717) is 11.1 Å². The second-order valence-corrected chi connectivity index (χ2v) is 11.0. The van der Waals surface area contributed by atoms with Crippen LogP contribution < -0.4 is 15.9 Å². The summed E-state index contributed by atoms with van der Waals surface area (Å²) in [7, 11) is -2.33.